The quantitative estimate of drug-likeness (QED) is 0.543. The molecule has 1 aliphatic heterocycles. The topological polar surface area (TPSA) is 93.5 Å². The molecular weight excluding hydrogens is 432 g/mol. The minimum atomic E-state index is -0.466. The average Bonchev–Trinajstić information content (AvgIpc) is 2.85. The molecule has 0 aliphatic carbocycles. The van der Waals surface area contributed by atoms with E-state index in [0.717, 1.165) is 16.5 Å². The van der Waals surface area contributed by atoms with Gasteiger partial charge < -0.3 is 15.0 Å². The molecule has 3 aromatic rings. The second kappa shape index (κ2) is 10.5. The summed E-state index contributed by atoms with van der Waals surface area (Å²) in [6.45, 7) is 5.71. The summed E-state index contributed by atoms with van der Waals surface area (Å²) >= 11 is 0. The fraction of sp³-hybridized carbons (Fsp3) is 0.385. The number of rotatable bonds is 7. The highest BCUT2D eigenvalue weighted by Gasteiger charge is 2.28. The summed E-state index contributed by atoms with van der Waals surface area (Å²) in [5.41, 5.74) is 2.35. The van der Waals surface area contributed by atoms with Gasteiger partial charge in [0.2, 0.25) is 5.91 Å². The molecule has 0 unspecified atom stereocenters. The van der Waals surface area contributed by atoms with Gasteiger partial charge >= 0.3 is 11.7 Å². The summed E-state index contributed by atoms with van der Waals surface area (Å²) in [6.07, 6.45) is 1.30. The number of ether oxygens (including phenoxy) is 1. The van der Waals surface area contributed by atoms with Crippen molar-refractivity contribution >= 4 is 28.6 Å². The van der Waals surface area contributed by atoms with Crippen LogP contribution in [0.4, 0.5) is 5.82 Å². The first kappa shape index (κ1) is 23.5. The Morgan fingerprint density at radius 2 is 1.79 bits per heavy atom. The highest BCUT2D eigenvalue weighted by atomic mass is 16.5. The van der Waals surface area contributed by atoms with Crippen LogP contribution in [-0.2, 0) is 27.4 Å². The van der Waals surface area contributed by atoms with E-state index in [1.54, 1.807) is 6.92 Å². The molecule has 0 radical (unpaired) electrons. The van der Waals surface area contributed by atoms with Crippen molar-refractivity contribution in [1.82, 2.24) is 14.9 Å². The van der Waals surface area contributed by atoms with Gasteiger partial charge in [-0.1, -0.05) is 42.0 Å². The normalized spacial score (nSPS) is 14.2. The predicted octanol–water partition coefficient (Wildman–Crippen LogP) is 2.80. The van der Waals surface area contributed by atoms with Crippen molar-refractivity contribution in [2.75, 3.05) is 24.6 Å². The van der Waals surface area contributed by atoms with Crippen LogP contribution >= 0.6 is 0 Å². The summed E-state index contributed by atoms with van der Waals surface area (Å²) in [7, 11) is 0. The molecule has 1 saturated heterocycles. The number of amides is 1. The molecular formula is C26H30N4O4. The van der Waals surface area contributed by atoms with Gasteiger partial charge in [0.15, 0.2) is 0 Å². The van der Waals surface area contributed by atoms with E-state index in [4.69, 9.17) is 4.74 Å². The molecule has 2 heterocycles. The Morgan fingerprint density at radius 3 is 2.50 bits per heavy atom. The largest absolute Gasteiger partial charge is 0.466 e. The van der Waals surface area contributed by atoms with Crippen LogP contribution in [0.1, 0.15) is 30.9 Å². The molecule has 8 heteroatoms. The Morgan fingerprint density at radius 1 is 1.09 bits per heavy atom. The van der Waals surface area contributed by atoms with Gasteiger partial charge in [0.05, 0.1) is 18.0 Å². The summed E-state index contributed by atoms with van der Waals surface area (Å²) in [4.78, 5) is 44.1. The lowest BCUT2D eigenvalue weighted by atomic mass is 9.97. The molecule has 178 valence electrons. The van der Waals surface area contributed by atoms with Gasteiger partial charge in [-0.25, -0.2) is 4.79 Å². The molecule has 0 bridgehead atoms. The van der Waals surface area contributed by atoms with E-state index in [-0.39, 0.29) is 24.3 Å². The maximum absolute atomic E-state index is 13.0. The van der Waals surface area contributed by atoms with Gasteiger partial charge in [-0.2, -0.15) is 4.98 Å². The van der Waals surface area contributed by atoms with Crippen LogP contribution in [0.3, 0.4) is 0 Å². The summed E-state index contributed by atoms with van der Waals surface area (Å²) in [5.74, 6) is 0.0592. The molecule has 2 aromatic carbocycles. The monoisotopic (exact) mass is 462 g/mol. The van der Waals surface area contributed by atoms with E-state index in [0.29, 0.717) is 50.4 Å². The molecule has 1 fully saturated rings. The van der Waals surface area contributed by atoms with Crippen molar-refractivity contribution in [2.24, 2.45) is 5.92 Å². The van der Waals surface area contributed by atoms with Crippen LogP contribution < -0.4 is 15.9 Å². The smallest absolute Gasteiger partial charge is 0.350 e. The molecule has 0 spiro atoms. The number of carbonyl (C=O) groups is 2. The number of aromatic nitrogens is 2. The van der Waals surface area contributed by atoms with Crippen molar-refractivity contribution in [3.63, 3.8) is 0 Å². The Balaban J connectivity index is 1.51. The Bertz CT molecular complexity index is 1230. The molecule has 4 rings (SSSR count). The first-order valence-corrected chi connectivity index (χ1v) is 11.7. The number of hydrogen-bond acceptors (Lipinski definition) is 6. The Labute approximate surface area is 198 Å². The minimum Gasteiger partial charge on any atom is -0.466 e. The van der Waals surface area contributed by atoms with E-state index in [1.807, 2.05) is 60.4 Å². The van der Waals surface area contributed by atoms with E-state index in [9.17, 15) is 14.4 Å². The highest BCUT2D eigenvalue weighted by Crippen LogP contribution is 2.28. The molecule has 1 N–H and O–H groups in total. The Kier molecular flexibility index (Phi) is 7.25. The van der Waals surface area contributed by atoms with E-state index < -0.39 is 5.69 Å². The zero-order chi connectivity index (χ0) is 24.1. The van der Waals surface area contributed by atoms with Gasteiger partial charge in [-0.15, -0.1) is 0 Å². The number of nitrogens with zero attached hydrogens (tertiary/aromatic N) is 3. The first-order valence-electron chi connectivity index (χ1n) is 11.7. The second-order valence-corrected chi connectivity index (χ2v) is 8.60. The molecule has 34 heavy (non-hydrogen) atoms. The molecule has 0 atom stereocenters. The number of esters is 1. The lowest BCUT2D eigenvalue weighted by molar-refractivity contribution is -0.148. The fourth-order valence-corrected chi connectivity index (χ4v) is 4.30. The van der Waals surface area contributed by atoms with E-state index in [2.05, 4.69) is 10.3 Å². The van der Waals surface area contributed by atoms with Gasteiger partial charge in [-0.05, 0) is 44.4 Å². The number of fused-ring (bicyclic) bond motifs is 1. The summed E-state index contributed by atoms with van der Waals surface area (Å²) in [5, 5.41) is 3.69. The number of carbonyl (C=O) groups excluding carboxylic acids is 2. The zero-order valence-electron chi connectivity index (χ0n) is 19.6. The number of anilines is 1. The van der Waals surface area contributed by atoms with Gasteiger partial charge in [0.25, 0.3) is 0 Å². The third kappa shape index (κ3) is 5.27. The number of para-hydroxylation sites is 1. The third-order valence-corrected chi connectivity index (χ3v) is 6.19. The number of nitrogens with one attached hydrogen (secondary N) is 1. The molecule has 1 aliphatic rings. The number of aryl methyl sites for hydroxylation is 1. The van der Waals surface area contributed by atoms with Crippen LogP contribution in [-0.4, -0.2) is 41.1 Å². The van der Waals surface area contributed by atoms with Crippen LogP contribution in [0.5, 0.6) is 0 Å². The minimum absolute atomic E-state index is 0.108. The number of piperidine rings is 1. The van der Waals surface area contributed by atoms with Crippen LogP contribution in [0.25, 0.3) is 10.9 Å². The van der Waals surface area contributed by atoms with Gasteiger partial charge in [0.1, 0.15) is 12.4 Å². The van der Waals surface area contributed by atoms with E-state index in [1.165, 1.54) is 4.57 Å². The molecule has 8 nitrogen and oxygen atoms in total. The fourth-order valence-electron chi connectivity index (χ4n) is 4.30. The van der Waals surface area contributed by atoms with Crippen LogP contribution in [0, 0.1) is 12.8 Å². The first-order chi connectivity index (χ1) is 16.5. The Hall–Kier alpha value is -3.68. The van der Waals surface area contributed by atoms with Crippen molar-refractivity contribution in [2.45, 2.75) is 39.8 Å². The summed E-state index contributed by atoms with van der Waals surface area (Å²) < 4.78 is 6.56. The SMILES string of the molecule is CCOC(=O)C1CCN(c2nc(=O)n(CC(=O)NCc3ccc(C)cc3)c3ccccc23)CC1. The third-order valence-electron chi connectivity index (χ3n) is 6.19. The van der Waals surface area contributed by atoms with E-state index >= 15 is 0 Å². The second-order valence-electron chi connectivity index (χ2n) is 8.60. The van der Waals surface area contributed by atoms with Crippen molar-refractivity contribution in [1.29, 1.82) is 0 Å². The van der Waals surface area contributed by atoms with Crippen molar-refractivity contribution < 1.29 is 14.3 Å². The predicted molar refractivity (Wildman–Crippen MR) is 131 cm³/mol. The zero-order valence-corrected chi connectivity index (χ0v) is 19.6. The number of benzene rings is 2. The van der Waals surface area contributed by atoms with Gasteiger partial charge in [-0.3, -0.25) is 14.2 Å². The maximum atomic E-state index is 13.0. The summed E-state index contributed by atoms with van der Waals surface area (Å²) in [6, 6.07) is 15.4. The lowest BCUT2D eigenvalue weighted by Gasteiger charge is -2.32. The van der Waals surface area contributed by atoms with Crippen molar-refractivity contribution in [3.8, 4) is 0 Å². The molecule has 1 amide bonds. The lowest BCUT2D eigenvalue weighted by Crippen LogP contribution is -2.39. The van der Waals surface area contributed by atoms with Crippen LogP contribution in [0.2, 0.25) is 0 Å². The number of hydrogen-bond donors (Lipinski definition) is 1. The standard InChI is InChI=1S/C26H30N4O4/c1-3-34-25(32)20-12-14-29(15-13-20)24-21-6-4-5-7-22(21)30(26(33)28-24)17-23(31)27-16-19-10-8-18(2)9-11-19/h4-11,20H,3,12-17H2,1-2H3,(H,27,31). The molecule has 1 aromatic heterocycles. The highest BCUT2D eigenvalue weighted by molar-refractivity contribution is 5.91. The van der Waals surface area contributed by atoms with Crippen molar-refractivity contribution in [3.05, 3.63) is 70.1 Å². The average molecular weight is 463 g/mol. The van der Waals surface area contributed by atoms with Crippen LogP contribution in [0.15, 0.2) is 53.3 Å². The molecule has 0 saturated carbocycles. The van der Waals surface area contributed by atoms with Gasteiger partial charge in [0, 0.05) is 25.0 Å². The maximum Gasteiger partial charge on any atom is 0.350 e.